The van der Waals surface area contributed by atoms with E-state index < -0.39 is 11.5 Å². The highest BCUT2D eigenvalue weighted by Crippen LogP contribution is 2.33. The molecule has 1 saturated heterocycles. The molecule has 2 N–H and O–H groups in total. The molecule has 1 atom stereocenters. The van der Waals surface area contributed by atoms with E-state index in [4.69, 9.17) is 4.74 Å². The second-order valence-corrected chi connectivity index (χ2v) is 9.56. The molecule has 3 amide bonds. The molecule has 2 aromatic rings. The Morgan fingerprint density at radius 3 is 2.46 bits per heavy atom. The van der Waals surface area contributed by atoms with E-state index >= 15 is 0 Å². The highest BCUT2D eigenvalue weighted by molar-refractivity contribution is 5.98. The minimum absolute atomic E-state index is 0.206. The quantitative estimate of drug-likeness (QED) is 0.555. The van der Waals surface area contributed by atoms with Crippen LogP contribution in [0.3, 0.4) is 0 Å². The molecular weight excluding hydrogens is 446 g/mol. The van der Waals surface area contributed by atoms with Crippen LogP contribution < -0.4 is 10.6 Å². The number of aromatic nitrogens is 2. The maximum Gasteiger partial charge on any atom is 0.410 e. The van der Waals surface area contributed by atoms with Crippen molar-refractivity contribution in [3.63, 3.8) is 0 Å². The van der Waals surface area contributed by atoms with Crippen LogP contribution in [0.15, 0.2) is 18.2 Å². The van der Waals surface area contributed by atoms with Gasteiger partial charge in [0.15, 0.2) is 0 Å². The molecule has 3 rings (SSSR count). The van der Waals surface area contributed by atoms with Gasteiger partial charge in [0.25, 0.3) is 0 Å². The van der Waals surface area contributed by atoms with Gasteiger partial charge in [0.05, 0.1) is 22.8 Å². The molecule has 1 aromatic carbocycles. The van der Waals surface area contributed by atoms with Crippen molar-refractivity contribution in [1.82, 2.24) is 20.0 Å². The minimum Gasteiger partial charge on any atom is -0.444 e. The molecule has 1 aliphatic heterocycles. The van der Waals surface area contributed by atoms with Gasteiger partial charge in [0, 0.05) is 31.6 Å². The Bertz CT molecular complexity index is 1000. The summed E-state index contributed by atoms with van der Waals surface area (Å²) in [6, 6.07) is 6.13. The largest absolute Gasteiger partial charge is 0.444 e. The van der Waals surface area contributed by atoms with E-state index in [-0.39, 0.29) is 18.0 Å². The maximum absolute atomic E-state index is 12.5. The van der Waals surface area contributed by atoms with Crippen molar-refractivity contribution in [3.8, 4) is 0 Å². The fourth-order valence-electron chi connectivity index (χ4n) is 4.33. The zero-order valence-corrected chi connectivity index (χ0v) is 22.2. The molecular formula is C26H41N5O4. The van der Waals surface area contributed by atoms with Crippen LogP contribution in [0, 0.1) is 0 Å². The van der Waals surface area contributed by atoms with Crippen LogP contribution in [0.1, 0.15) is 78.8 Å². The fraction of sp³-hybridized carbons (Fsp3) is 0.615. The average molecular weight is 488 g/mol. The van der Waals surface area contributed by atoms with Crippen molar-refractivity contribution in [2.24, 2.45) is 7.05 Å². The molecule has 1 aliphatic rings. The van der Waals surface area contributed by atoms with Crippen molar-refractivity contribution < 1.29 is 19.1 Å². The summed E-state index contributed by atoms with van der Waals surface area (Å²) in [4.78, 5) is 37.4. The van der Waals surface area contributed by atoms with Gasteiger partial charge in [-0.2, -0.15) is 5.10 Å². The van der Waals surface area contributed by atoms with Crippen molar-refractivity contribution in [3.05, 3.63) is 23.9 Å². The van der Waals surface area contributed by atoms with Gasteiger partial charge in [-0.05, 0) is 46.1 Å². The average Bonchev–Trinajstić information content (AvgIpc) is 3.15. The number of piperidine rings is 1. The minimum atomic E-state index is -0.503. The number of nitrogens with zero attached hydrogens (tertiary/aromatic N) is 3. The zero-order chi connectivity index (χ0) is 26.2. The highest BCUT2D eigenvalue weighted by Gasteiger charge is 2.29. The molecule has 194 valence electrons. The van der Waals surface area contributed by atoms with Crippen molar-refractivity contribution in [2.45, 2.75) is 84.8 Å². The Morgan fingerprint density at radius 1 is 1.23 bits per heavy atom. The number of carbonyl (C=O) groups excluding carboxylic acids is 3. The summed E-state index contributed by atoms with van der Waals surface area (Å²) in [6.07, 6.45) is 3.17. The summed E-state index contributed by atoms with van der Waals surface area (Å²) in [7, 11) is 1.86. The maximum atomic E-state index is 12.5. The summed E-state index contributed by atoms with van der Waals surface area (Å²) < 4.78 is 7.28. The molecule has 2 heterocycles. The number of rotatable bonds is 7. The van der Waals surface area contributed by atoms with E-state index in [2.05, 4.69) is 15.7 Å². The first kappa shape index (κ1) is 28.1. The van der Waals surface area contributed by atoms with Gasteiger partial charge in [-0.1, -0.05) is 39.3 Å². The number of carbonyl (C=O) groups is 3. The number of imide groups is 1. The number of likely N-dealkylation sites (tertiary alicyclic amines) is 1. The van der Waals surface area contributed by atoms with E-state index in [9.17, 15) is 14.4 Å². The van der Waals surface area contributed by atoms with E-state index in [1.54, 1.807) is 9.58 Å². The predicted molar refractivity (Wildman–Crippen MR) is 138 cm³/mol. The number of aryl methyl sites for hydroxylation is 1. The predicted octanol–water partition coefficient (Wildman–Crippen LogP) is 4.57. The summed E-state index contributed by atoms with van der Waals surface area (Å²) in [5.41, 5.74) is 2.03. The fourth-order valence-corrected chi connectivity index (χ4v) is 4.33. The lowest BCUT2D eigenvalue weighted by molar-refractivity contribution is -0.126. The Morgan fingerprint density at radius 2 is 1.89 bits per heavy atom. The van der Waals surface area contributed by atoms with E-state index in [1.165, 1.54) is 0 Å². The number of nitrogens with one attached hydrogen (secondary N) is 2. The first-order valence-corrected chi connectivity index (χ1v) is 12.6. The normalized spacial score (nSPS) is 15.1. The number of ether oxygens (including phenoxy) is 1. The highest BCUT2D eigenvalue weighted by atomic mass is 16.6. The van der Waals surface area contributed by atoms with Crippen LogP contribution in [-0.4, -0.2) is 57.8 Å². The Labute approximate surface area is 208 Å². The van der Waals surface area contributed by atoms with Crippen LogP contribution in [-0.2, 0) is 21.4 Å². The first-order valence-electron chi connectivity index (χ1n) is 12.6. The van der Waals surface area contributed by atoms with Crippen LogP contribution in [0.5, 0.6) is 0 Å². The van der Waals surface area contributed by atoms with Crippen LogP contribution in [0.2, 0.25) is 0 Å². The van der Waals surface area contributed by atoms with Crippen molar-refractivity contribution >= 4 is 35.0 Å². The van der Waals surface area contributed by atoms with Crippen LogP contribution in [0.25, 0.3) is 10.9 Å². The SMILES string of the molecule is CC.CCCC(C(=O)NC=O)c1nn(C)c2c(NC3CCN(C(=O)OC(C)(C)C)CC3)cccc12. The summed E-state index contributed by atoms with van der Waals surface area (Å²) in [5.74, 6) is -0.823. The topological polar surface area (TPSA) is 106 Å². The second kappa shape index (κ2) is 12.6. The van der Waals surface area contributed by atoms with Gasteiger partial charge in [-0.25, -0.2) is 4.79 Å². The third-order valence-electron chi connectivity index (χ3n) is 5.82. The molecule has 0 spiro atoms. The van der Waals surface area contributed by atoms with Gasteiger partial charge < -0.3 is 15.0 Å². The van der Waals surface area contributed by atoms with E-state index in [1.807, 2.05) is 66.8 Å². The van der Waals surface area contributed by atoms with Crippen molar-refractivity contribution in [2.75, 3.05) is 18.4 Å². The standard InChI is InChI=1S/C24H35N5O4.C2H6/c1-6-8-18(22(31)25-15-30)20-17-9-7-10-19(21(17)28(5)27-20)26-16-11-13-29(14-12-16)23(32)33-24(2,3)4;1-2/h7,9-10,15-16,18,26H,6,8,11-14H2,1-5H3,(H,25,30,31);1-2H3. The number of anilines is 1. The Kier molecular flexibility index (Phi) is 10.1. The van der Waals surface area contributed by atoms with Gasteiger partial charge >= 0.3 is 6.09 Å². The first-order chi connectivity index (χ1) is 16.6. The van der Waals surface area contributed by atoms with E-state index in [0.717, 1.165) is 35.9 Å². The molecule has 9 heteroatoms. The smallest absolute Gasteiger partial charge is 0.410 e. The van der Waals surface area contributed by atoms with Crippen LogP contribution in [0.4, 0.5) is 10.5 Å². The summed E-state index contributed by atoms with van der Waals surface area (Å²) in [6.45, 7) is 12.9. The van der Waals surface area contributed by atoms with Gasteiger partial charge in [-0.3, -0.25) is 19.6 Å². The summed E-state index contributed by atoms with van der Waals surface area (Å²) in [5, 5.41) is 11.5. The number of para-hydroxylation sites is 1. The lowest BCUT2D eigenvalue weighted by atomic mass is 9.95. The Hall–Kier alpha value is -3.10. The molecule has 1 fully saturated rings. The van der Waals surface area contributed by atoms with Gasteiger partial charge in [0.1, 0.15) is 5.60 Å². The van der Waals surface area contributed by atoms with E-state index in [0.29, 0.717) is 31.6 Å². The van der Waals surface area contributed by atoms with Gasteiger partial charge in [-0.15, -0.1) is 0 Å². The van der Waals surface area contributed by atoms with Gasteiger partial charge in [0.2, 0.25) is 12.3 Å². The third-order valence-corrected chi connectivity index (χ3v) is 5.82. The third kappa shape index (κ3) is 7.19. The molecule has 0 saturated carbocycles. The number of hydrogen-bond donors (Lipinski definition) is 2. The molecule has 0 radical (unpaired) electrons. The molecule has 9 nitrogen and oxygen atoms in total. The van der Waals surface area contributed by atoms with Crippen molar-refractivity contribution in [1.29, 1.82) is 0 Å². The second-order valence-electron chi connectivity index (χ2n) is 9.56. The number of fused-ring (bicyclic) bond motifs is 1. The lowest BCUT2D eigenvalue weighted by Crippen LogP contribution is -2.44. The number of benzene rings is 1. The lowest BCUT2D eigenvalue weighted by Gasteiger charge is -2.34. The molecule has 0 aliphatic carbocycles. The Balaban J connectivity index is 0.00000210. The molecule has 1 unspecified atom stereocenters. The number of hydrogen-bond acceptors (Lipinski definition) is 6. The molecule has 0 bridgehead atoms. The number of amides is 3. The summed E-state index contributed by atoms with van der Waals surface area (Å²) >= 11 is 0. The molecule has 35 heavy (non-hydrogen) atoms. The molecule has 1 aromatic heterocycles. The zero-order valence-electron chi connectivity index (χ0n) is 22.2. The van der Waals surface area contributed by atoms with Crippen LogP contribution >= 0.6 is 0 Å². The monoisotopic (exact) mass is 487 g/mol.